The number of benzene rings is 1. The van der Waals surface area contributed by atoms with Gasteiger partial charge in [-0.15, -0.1) is 0 Å². The molecule has 0 aliphatic carbocycles. The molecule has 5 heteroatoms. The number of fused-ring (bicyclic) bond motifs is 1. The normalized spacial score (nSPS) is 18.6. The lowest BCUT2D eigenvalue weighted by molar-refractivity contribution is 0.223. The summed E-state index contributed by atoms with van der Waals surface area (Å²) < 4.78 is 4.24. The lowest BCUT2D eigenvalue weighted by Crippen LogP contribution is -2.31. The molecule has 0 spiro atoms. The number of nitrogens with one attached hydrogen (secondary N) is 1. The maximum Gasteiger partial charge on any atom is 0.178 e. The lowest BCUT2D eigenvalue weighted by Gasteiger charge is -2.30. The molecule has 0 saturated carbocycles. The van der Waals surface area contributed by atoms with E-state index in [1.54, 1.807) is 0 Å². The third-order valence-corrected chi connectivity index (χ3v) is 4.52. The SMILES string of the molecule is CN1CCC(n2c(=S)[nH]c3ccc(Br)cc32)CC1. The zero-order chi connectivity index (χ0) is 12.7. The van der Waals surface area contributed by atoms with E-state index < -0.39 is 0 Å². The topological polar surface area (TPSA) is 24.0 Å². The highest BCUT2D eigenvalue weighted by atomic mass is 79.9. The van der Waals surface area contributed by atoms with Crippen LogP contribution in [0.15, 0.2) is 22.7 Å². The van der Waals surface area contributed by atoms with E-state index in [0.29, 0.717) is 6.04 Å². The standard InChI is InChI=1S/C13H16BrN3S/c1-16-6-4-10(5-7-16)17-12-8-9(14)2-3-11(12)15-13(17)18/h2-3,8,10H,4-7H2,1H3,(H,15,18). The van der Waals surface area contributed by atoms with Crippen molar-refractivity contribution in [3.8, 4) is 0 Å². The molecule has 0 bridgehead atoms. The first-order chi connectivity index (χ1) is 8.65. The predicted molar refractivity (Wildman–Crippen MR) is 80.6 cm³/mol. The van der Waals surface area contributed by atoms with E-state index in [2.05, 4.69) is 49.6 Å². The summed E-state index contributed by atoms with van der Waals surface area (Å²) in [6.45, 7) is 2.29. The zero-order valence-electron chi connectivity index (χ0n) is 10.3. The Morgan fingerprint density at radius 2 is 2.06 bits per heavy atom. The Kier molecular flexibility index (Phi) is 3.30. The van der Waals surface area contributed by atoms with Gasteiger partial charge in [0.15, 0.2) is 4.77 Å². The third-order valence-electron chi connectivity index (χ3n) is 3.73. The number of nitrogens with zero attached hydrogens (tertiary/aromatic N) is 2. The quantitative estimate of drug-likeness (QED) is 0.808. The molecule has 2 heterocycles. The number of hydrogen-bond acceptors (Lipinski definition) is 2. The van der Waals surface area contributed by atoms with Crippen LogP contribution in [0.2, 0.25) is 0 Å². The second-order valence-corrected chi connectivity index (χ2v) is 6.30. The Labute approximate surface area is 120 Å². The van der Waals surface area contributed by atoms with Crippen LogP contribution in [0.4, 0.5) is 0 Å². The number of hydrogen-bond donors (Lipinski definition) is 1. The Hall–Kier alpha value is -0.650. The van der Waals surface area contributed by atoms with Gasteiger partial charge in [-0.25, -0.2) is 0 Å². The molecule has 0 unspecified atom stereocenters. The summed E-state index contributed by atoms with van der Waals surface area (Å²) >= 11 is 9.02. The number of imidazole rings is 1. The molecular weight excluding hydrogens is 310 g/mol. The van der Waals surface area contributed by atoms with Crippen LogP contribution in [0.25, 0.3) is 11.0 Å². The maximum absolute atomic E-state index is 5.48. The molecule has 0 atom stereocenters. The summed E-state index contributed by atoms with van der Waals surface area (Å²) in [7, 11) is 2.18. The molecule has 0 radical (unpaired) electrons. The van der Waals surface area contributed by atoms with Crippen molar-refractivity contribution in [3.63, 3.8) is 0 Å². The van der Waals surface area contributed by atoms with E-state index in [1.165, 1.54) is 18.4 Å². The van der Waals surface area contributed by atoms with E-state index in [-0.39, 0.29) is 0 Å². The van der Waals surface area contributed by atoms with E-state index in [0.717, 1.165) is 27.8 Å². The zero-order valence-corrected chi connectivity index (χ0v) is 12.7. The molecule has 1 aliphatic heterocycles. The Bertz CT molecular complexity index is 623. The van der Waals surface area contributed by atoms with Crippen molar-refractivity contribution in [1.29, 1.82) is 0 Å². The Morgan fingerprint density at radius 3 is 2.78 bits per heavy atom. The summed E-state index contributed by atoms with van der Waals surface area (Å²) in [6, 6.07) is 6.81. The number of aromatic amines is 1. The number of likely N-dealkylation sites (tertiary alicyclic amines) is 1. The number of piperidine rings is 1. The molecular formula is C13H16BrN3S. The van der Waals surface area contributed by atoms with Gasteiger partial charge in [0.1, 0.15) is 0 Å². The summed E-state index contributed by atoms with van der Waals surface area (Å²) in [5.41, 5.74) is 2.34. The average molecular weight is 326 g/mol. The molecule has 18 heavy (non-hydrogen) atoms. The summed E-state index contributed by atoms with van der Waals surface area (Å²) in [5.74, 6) is 0. The van der Waals surface area contributed by atoms with Crippen molar-refractivity contribution >= 4 is 39.2 Å². The van der Waals surface area contributed by atoms with Gasteiger partial charge in [-0.3, -0.25) is 0 Å². The second kappa shape index (κ2) is 4.79. The minimum absolute atomic E-state index is 0.525. The first-order valence-electron chi connectivity index (χ1n) is 6.23. The fourth-order valence-electron chi connectivity index (χ4n) is 2.71. The van der Waals surface area contributed by atoms with Gasteiger partial charge in [-0.2, -0.15) is 0 Å². The van der Waals surface area contributed by atoms with Crippen LogP contribution < -0.4 is 0 Å². The molecule has 3 nitrogen and oxygen atoms in total. The van der Waals surface area contributed by atoms with E-state index in [1.807, 2.05) is 6.07 Å². The molecule has 0 amide bonds. The van der Waals surface area contributed by atoms with Gasteiger partial charge in [0.2, 0.25) is 0 Å². The van der Waals surface area contributed by atoms with Crippen LogP contribution in [0.1, 0.15) is 18.9 Å². The largest absolute Gasteiger partial charge is 0.331 e. The number of aromatic nitrogens is 2. The van der Waals surface area contributed by atoms with Gasteiger partial charge >= 0.3 is 0 Å². The van der Waals surface area contributed by atoms with Crippen LogP contribution in [-0.4, -0.2) is 34.6 Å². The Balaban J connectivity index is 2.08. The molecule has 2 aromatic rings. The third kappa shape index (κ3) is 2.15. The van der Waals surface area contributed by atoms with E-state index in [9.17, 15) is 0 Å². The highest BCUT2D eigenvalue weighted by molar-refractivity contribution is 9.10. The second-order valence-electron chi connectivity index (χ2n) is 5.00. The molecule has 1 aliphatic rings. The van der Waals surface area contributed by atoms with Crippen molar-refractivity contribution < 1.29 is 0 Å². The molecule has 1 fully saturated rings. The van der Waals surface area contributed by atoms with Crippen LogP contribution >= 0.6 is 28.1 Å². The fourth-order valence-corrected chi connectivity index (χ4v) is 3.42. The number of halogens is 1. The van der Waals surface area contributed by atoms with Gasteiger partial charge in [-0.05, 0) is 63.4 Å². The molecule has 1 aromatic heterocycles. The average Bonchev–Trinajstić information content (AvgIpc) is 2.66. The van der Waals surface area contributed by atoms with Crippen LogP contribution in [0.5, 0.6) is 0 Å². The summed E-state index contributed by atoms with van der Waals surface area (Å²) in [5, 5.41) is 0. The minimum atomic E-state index is 0.525. The van der Waals surface area contributed by atoms with E-state index in [4.69, 9.17) is 12.2 Å². The summed E-state index contributed by atoms with van der Waals surface area (Å²) in [6.07, 6.45) is 2.34. The van der Waals surface area contributed by atoms with Crippen LogP contribution in [0.3, 0.4) is 0 Å². The summed E-state index contributed by atoms with van der Waals surface area (Å²) in [4.78, 5) is 5.69. The molecule has 1 aromatic carbocycles. The van der Waals surface area contributed by atoms with Crippen molar-refractivity contribution in [2.24, 2.45) is 0 Å². The van der Waals surface area contributed by atoms with Crippen LogP contribution in [-0.2, 0) is 0 Å². The lowest BCUT2D eigenvalue weighted by atomic mass is 10.1. The van der Waals surface area contributed by atoms with Crippen molar-refractivity contribution in [3.05, 3.63) is 27.4 Å². The highest BCUT2D eigenvalue weighted by Crippen LogP contribution is 2.28. The highest BCUT2D eigenvalue weighted by Gasteiger charge is 2.20. The van der Waals surface area contributed by atoms with Crippen LogP contribution in [0, 0.1) is 4.77 Å². The smallest absolute Gasteiger partial charge is 0.178 e. The van der Waals surface area contributed by atoms with Crippen molar-refractivity contribution in [2.75, 3.05) is 20.1 Å². The molecule has 96 valence electrons. The van der Waals surface area contributed by atoms with Crippen molar-refractivity contribution in [1.82, 2.24) is 14.5 Å². The van der Waals surface area contributed by atoms with Gasteiger partial charge in [0, 0.05) is 10.5 Å². The Morgan fingerprint density at radius 1 is 1.33 bits per heavy atom. The maximum atomic E-state index is 5.48. The molecule has 3 rings (SSSR count). The van der Waals surface area contributed by atoms with Gasteiger partial charge in [0.05, 0.1) is 11.0 Å². The molecule has 1 N–H and O–H groups in total. The van der Waals surface area contributed by atoms with Gasteiger partial charge in [0.25, 0.3) is 0 Å². The fraction of sp³-hybridized carbons (Fsp3) is 0.462. The first-order valence-corrected chi connectivity index (χ1v) is 7.43. The molecule has 1 saturated heterocycles. The first kappa shape index (κ1) is 12.4. The predicted octanol–water partition coefficient (Wildman–Crippen LogP) is 3.73. The minimum Gasteiger partial charge on any atom is -0.331 e. The van der Waals surface area contributed by atoms with Gasteiger partial charge < -0.3 is 14.5 Å². The monoisotopic (exact) mass is 325 g/mol. The number of rotatable bonds is 1. The van der Waals surface area contributed by atoms with Crippen molar-refractivity contribution in [2.45, 2.75) is 18.9 Å². The van der Waals surface area contributed by atoms with Gasteiger partial charge in [-0.1, -0.05) is 15.9 Å². The van der Waals surface area contributed by atoms with E-state index >= 15 is 0 Å². The number of H-pyrrole nitrogens is 1.